The molecule has 3 heteroatoms. The highest BCUT2D eigenvalue weighted by atomic mass is 15.2. The summed E-state index contributed by atoms with van der Waals surface area (Å²) in [5.41, 5.74) is 37.4. The summed E-state index contributed by atoms with van der Waals surface area (Å²) in [7, 11) is 0. The molecule has 0 spiro atoms. The van der Waals surface area contributed by atoms with Gasteiger partial charge in [-0.3, -0.25) is 0 Å². The number of anilines is 6. The van der Waals surface area contributed by atoms with Crippen LogP contribution in [0.1, 0.15) is 248 Å². The quantitative estimate of drug-likeness (QED) is 0.133. The molecule has 0 radical (unpaired) electrons. The van der Waals surface area contributed by atoms with Crippen molar-refractivity contribution in [3.63, 3.8) is 0 Å². The standard InChI is InChI=1S/C105H119BN2/c1-98(2,3)76-45-39-66(40-46-76)68-43-49-91-89(57-68)106-90-58-69(67-41-47-77(48-42-67)99(4,5)6)44-50-92(90)108(97-87(72-31-27-35-80(55-72)102(13,14)15)63-83(105(22,23)24)64-88(97)73-32-28-36-81(56-73)103(16,17)18)94-60-75(84-52-65-37-38-74(84)51-65)59-93(95(94)106)107(91)96-85(70-29-25-33-78(53-70)100(7,8)9)61-82(104(19,20)21)62-86(96)71-30-26-34-79(54-71)101(10,11)12/h25-36,39-50,53-65,74,84H,37-38,51-52H2,1-24H3/t65-,74+,84?/m0/s1. The van der Waals surface area contributed by atoms with Crippen molar-refractivity contribution in [1.29, 1.82) is 0 Å². The molecule has 11 aromatic rings. The third-order valence-corrected chi connectivity index (χ3v) is 25.0. The van der Waals surface area contributed by atoms with E-state index in [1.165, 1.54) is 193 Å². The van der Waals surface area contributed by atoms with Gasteiger partial charge in [0.25, 0.3) is 6.71 Å². The van der Waals surface area contributed by atoms with E-state index < -0.39 is 0 Å². The molecule has 2 heterocycles. The highest BCUT2D eigenvalue weighted by Gasteiger charge is 2.48. The van der Waals surface area contributed by atoms with Gasteiger partial charge in [0, 0.05) is 45.0 Å². The second-order valence-corrected chi connectivity index (χ2v) is 41.2. The molecule has 2 bridgehead atoms. The highest BCUT2D eigenvalue weighted by molar-refractivity contribution is 7.00. The van der Waals surface area contributed by atoms with Gasteiger partial charge in [-0.05, 0) is 240 Å². The minimum absolute atomic E-state index is 0.00266. The third-order valence-electron chi connectivity index (χ3n) is 25.0. The van der Waals surface area contributed by atoms with Gasteiger partial charge in [0.2, 0.25) is 0 Å². The molecule has 11 aromatic carbocycles. The van der Waals surface area contributed by atoms with Gasteiger partial charge >= 0.3 is 0 Å². The second-order valence-electron chi connectivity index (χ2n) is 41.2. The van der Waals surface area contributed by atoms with E-state index in [0.29, 0.717) is 11.8 Å². The molecule has 1 unspecified atom stereocenters. The molecule has 108 heavy (non-hydrogen) atoms. The van der Waals surface area contributed by atoms with Crippen molar-refractivity contribution in [3.8, 4) is 66.8 Å². The zero-order valence-corrected chi connectivity index (χ0v) is 69.8. The van der Waals surface area contributed by atoms with Crippen LogP contribution in [0.25, 0.3) is 66.8 Å². The van der Waals surface area contributed by atoms with Gasteiger partial charge in [0.05, 0.1) is 11.4 Å². The van der Waals surface area contributed by atoms with E-state index in [1.807, 2.05) is 0 Å². The van der Waals surface area contributed by atoms with E-state index in [2.05, 4.69) is 394 Å². The van der Waals surface area contributed by atoms with E-state index in [9.17, 15) is 0 Å². The molecule has 2 aliphatic carbocycles. The van der Waals surface area contributed by atoms with Gasteiger partial charge in [-0.1, -0.05) is 342 Å². The van der Waals surface area contributed by atoms with Gasteiger partial charge in [-0.15, -0.1) is 0 Å². The summed E-state index contributed by atoms with van der Waals surface area (Å²) in [6.45, 7) is 56.7. The Morgan fingerprint density at radius 1 is 0.259 bits per heavy atom. The summed E-state index contributed by atoms with van der Waals surface area (Å²) >= 11 is 0. The first-order valence-electron chi connectivity index (χ1n) is 40.6. The Morgan fingerprint density at radius 3 is 0.843 bits per heavy atom. The Bertz CT molecular complexity index is 4830. The zero-order chi connectivity index (χ0) is 77.1. The minimum atomic E-state index is -0.201. The van der Waals surface area contributed by atoms with Gasteiger partial charge in [-0.2, -0.15) is 0 Å². The molecule has 552 valence electrons. The van der Waals surface area contributed by atoms with Gasteiger partial charge < -0.3 is 9.80 Å². The number of hydrogen-bond acceptors (Lipinski definition) is 2. The number of hydrogen-bond donors (Lipinski definition) is 0. The first-order valence-corrected chi connectivity index (χ1v) is 40.6. The zero-order valence-electron chi connectivity index (χ0n) is 69.8. The van der Waals surface area contributed by atoms with Gasteiger partial charge in [0.1, 0.15) is 0 Å². The molecule has 3 atom stereocenters. The maximum absolute atomic E-state index is 2.85. The molecule has 15 rings (SSSR count). The Balaban J connectivity index is 1.17. The average molecular weight is 1420 g/mol. The smallest absolute Gasteiger partial charge is 0.252 e. The van der Waals surface area contributed by atoms with E-state index in [1.54, 1.807) is 0 Å². The van der Waals surface area contributed by atoms with Crippen molar-refractivity contribution in [2.75, 3.05) is 9.80 Å². The predicted octanol–water partition coefficient (Wildman–Crippen LogP) is 28.1. The van der Waals surface area contributed by atoms with Crippen molar-refractivity contribution in [2.45, 2.75) is 241 Å². The van der Waals surface area contributed by atoms with Crippen LogP contribution in [0.2, 0.25) is 0 Å². The molecular weight excluding hydrogens is 1300 g/mol. The van der Waals surface area contributed by atoms with E-state index in [0.717, 1.165) is 5.92 Å². The number of nitrogens with zero attached hydrogens (tertiary/aromatic N) is 2. The maximum Gasteiger partial charge on any atom is 0.252 e. The van der Waals surface area contributed by atoms with Crippen LogP contribution in [0.15, 0.2) is 218 Å². The minimum Gasteiger partial charge on any atom is -0.310 e. The molecule has 2 fully saturated rings. The molecule has 0 aromatic heterocycles. The van der Waals surface area contributed by atoms with E-state index in [4.69, 9.17) is 0 Å². The molecule has 2 saturated carbocycles. The Hall–Kier alpha value is -8.92. The number of rotatable bonds is 9. The Kier molecular flexibility index (Phi) is 18.2. The van der Waals surface area contributed by atoms with Crippen LogP contribution in [0.3, 0.4) is 0 Å². The molecule has 0 amide bonds. The number of benzene rings is 11. The molecule has 2 nitrogen and oxygen atoms in total. The lowest BCUT2D eigenvalue weighted by Gasteiger charge is -2.46. The van der Waals surface area contributed by atoms with Crippen molar-refractivity contribution in [1.82, 2.24) is 0 Å². The lowest BCUT2D eigenvalue weighted by molar-refractivity contribution is 0.420. The second kappa shape index (κ2) is 26.4. The normalized spacial score (nSPS) is 16.8. The van der Waals surface area contributed by atoms with Crippen LogP contribution >= 0.6 is 0 Å². The number of fused-ring (bicyclic) bond motifs is 6. The van der Waals surface area contributed by atoms with Crippen LogP contribution in [-0.4, -0.2) is 6.71 Å². The Labute approximate surface area is 651 Å². The lowest BCUT2D eigenvalue weighted by atomic mass is 9.33. The highest BCUT2D eigenvalue weighted by Crippen LogP contribution is 2.59. The monoisotopic (exact) mass is 1420 g/mol. The largest absolute Gasteiger partial charge is 0.310 e. The van der Waals surface area contributed by atoms with Crippen molar-refractivity contribution < 1.29 is 0 Å². The van der Waals surface area contributed by atoms with Crippen molar-refractivity contribution in [3.05, 3.63) is 268 Å². The fourth-order valence-electron chi connectivity index (χ4n) is 18.2. The summed E-state index contributed by atoms with van der Waals surface area (Å²) in [6, 6.07) is 88.8. The summed E-state index contributed by atoms with van der Waals surface area (Å²) in [6.07, 6.45) is 5.10. The fraction of sp³-hybridized carbons (Fsp3) is 0.371. The van der Waals surface area contributed by atoms with E-state index >= 15 is 0 Å². The molecule has 0 saturated heterocycles. The van der Waals surface area contributed by atoms with E-state index in [-0.39, 0.29) is 50.0 Å². The molecule has 2 aliphatic heterocycles. The predicted molar refractivity (Wildman–Crippen MR) is 471 cm³/mol. The average Bonchev–Trinajstić information content (AvgIpc) is 0.865. The summed E-state index contributed by atoms with van der Waals surface area (Å²) in [5.74, 6) is 1.73. The first-order chi connectivity index (χ1) is 50.6. The molecule has 4 aliphatic rings. The van der Waals surface area contributed by atoms with Crippen LogP contribution in [0.5, 0.6) is 0 Å². The van der Waals surface area contributed by atoms with Crippen LogP contribution < -0.4 is 26.2 Å². The van der Waals surface area contributed by atoms with Crippen LogP contribution in [0.4, 0.5) is 34.1 Å². The summed E-state index contributed by atoms with van der Waals surface area (Å²) < 4.78 is 0. The van der Waals surface area contributed by atoms with Crippen molar-refractivity contribution >= 4 is 57.2 Å². The maximum atomic E-state index is 2.85. The Morgan fingerprint density at radius 2 is 0.565 bits per heavy atom. The summed E-state index contributed by atoms with van der Waals surface area (Å²) in [5, 5.41) is 0. The van der Waals surface area contributed by atoms with Crippen LogP contribution in [-0.2, 0) is 43.3 Å². The van der Waals surface area contributed by atoms with Gasteiger partial charge in [-0.25, -0.2) is 0 Å². The molecular formula is C105H119BN2. The van der Waals surface area contributed by atoms with Crippen LogP contribution in [0, 0.1) is 11.8 Å². The SMILES string of the molecule is CC(C)(C)c1ccc(-c2ccc3c(c2)B2c4cc(-c5ccc(C(C)(C)C)cc5)ccc4N(c4c(-c5cccc(C(C)(C)C)c5)cc(C(C)(C)C)cc4-c4cccc(C(C)(C)C)c4)c4cc(C5C[C@H]6CC[C@@H]5C6)cc(c42)N3c2c(-c3cccc(C(C)(C)C)c3)cc(C(C)(C)C)cc2-c2cccc(C(C)(C)C)c2)cc1. The fourth-order valence-corrected chi connectivity index (χ4v) is 18.2. The van der Waals surface area contributed by atoms with Gasteiger partial charge in [0.15, 0.2) is 0 Å². The lowest BCUT2D eigenvalue weighted by Crippen LogP contribution is -2.61. The third kappa shape index (κ3) is 13.9. The molecule has 0 N–H and O–H groups in total. The first kappa shape index (κ1) is 74.5. The topological polar surface area (TPSA) is 6.48 Å². The summed E-state index contributed by atoms with van der Waals surface area (Å²) in [4.78, 5) is 5.70. The van der Waals surface area contributed by atoms with Crippen molar-refractivity contribution in [2.24, 2.45) is 11.8 Å².